The van der Waals surface area contributed by atoms with Gasteiger partial charge < -0.3 is 14.8 Å². The SMILES string of the molecule is C=Nn1cc(-c2[nH]c3ccc(C4CCN(C(=O)CCN5CCC5)CC4)cc3c2C(C)C)c(C)c(C)/c1=N/C. The second-order valence-corrected chi connectivity index (χ2v) is 11.3. The van der Waals surface area contributed by atoms with Crippen LogP contribution in [0.2, 0.25) is 0 Å². The third-order valence-electron chi connectivity index (χ3n) is 8.75. The summed E-state index contributed by atoms with van der Waals surface area (Å²) < 4.78 is 1.78. The molecule has 2 saturated heterocycles. The number of rotatable bonds is 7. The van der Waals surface area contributed by atoms with Gasteiger partial charge in [0.1, 0.15) is 0 Å². The van der Waals surface area contributed by atoms with E-state index >= 15 is 0 Å². The van der Waals surface area contributed by atoms with Crippen LogP contribution in [-0.4, -0.2) is 71.9 Å². The molecule has 0 bridgehead atoms. The number of amides is 1. The zero-order valence-electron chi connectivity index (χ0n) is 23.7. The number of nitrogens with one attached hydrogen (secondary N) is 1. The molecule has 1 N–H and O–H groups in total. The van der Waals surface area contributed by atoms with Gasteiger partial charge >= 0.3 is 0 Å². The van der Waals surface area contributed by atoms with Crippen LogP contribution in [0.25, 0.3) is 22.2 Å². The molecule has 0 spiro atoms. The number of benzene rings is 1. The molecule has 202 valence electrons. The van der Waals surface area contributed by atoms with Crippen molar-refractivity contribution in [3.63, 3.8) is 0 Å². The van der Waals surface area contributed by atoms with E-state index in [0.717, 1.165) is 73.4 Å². The van der Waals surface area contributed by atoms with Crippen molar-refractivity contribution in [2.75, 3.05) is 39.8 Å². The van der Waals surface area contributed by atoms with Crippen LogP contribution in [0, 0.1) is 13.8 Å². The molecule has 7 heteroatoms. The number of aromatic amines is 1. The van der Waals surface area contributed by atoms with Crippen LogP contribution >= 0.6 is 0 Å². The standard InChI is InChI=1S/C31H42N6O/c1-20(2)29-25-18-24(23-10-16-36(17-11-23)28(38)12-15-35-13-7-14-35)8-9-27(25)34-30(29)26-19-37(33-6)31(32-5)22(4)21(26)3/h8-9,18-20,23,34H,6-7,10-17H2,1-5H3/b32-31-. The minimum absolute atomic E-state index is 0.321. The van der Waals surface area contributed by atoms with Crippen LogP contribution < -0.4 is 5.49 Å². The number of H-pyrrole nitrogens is 1. The van der Waals surface area contributed by atoms with Crippen molar-refractivity contribution in [1.29, 1.82) is 0 Å². The Bertz CT molecular complexity index is 1420. The van der Waals surface area contributed by atoms with Crippen molar-refractivity contribution in [2.45, 2.75) is 65.2 Å². The molecule has 5 rings (SSSR count). The summed E-state index contributed by atoms with van der Waals surface area (Å²) >= 11 is 0. The maximum absolute atomic E-state index is 12.7. The first-order valence-electron chi connectivity index (χ1n) is 14.1. The lowest BCUT2D eigenvalue weighted by Gasteiger charge is -2.34. The fraction of sp³-hybridized carbons (Fsp3) is 0.516. The molecule has 0 aliphatic carbocycles. The van der Waals surface area contributed by atoms with E-state index < -0.39 is 0 Å². The van der Waals surface area contributed by atoms with Gasteiger partial charge in [-0.2, -0.15) is 5.10 Å². The summed E-state index contributed by atoms with van der Waals surface area (Å²) in [5.74, 6) is 1.15. The fourth-order valence-electron chi connectivity index (χ4n) is 6.23. The summed E-state index contributed by atoms with van der Waals surface area (Å²) in [6.45, 7) is 17.5. The zero-order valence-corrected chi connectivity index (χ0v) is 23.7. The van der Waals surface area contributed by atoms with E-state index in [-0.39, 0.29) is 0 Å². The van der Waals surface area contributed by atoms with Gasteiger partial charge in [-0.1, -0.05) is 19.9 Å². The molecule has 0 unspecified atom stereocenters. The van der Waals surface area contributed by atoms with Crippen molar-refractivity contribution in [3.05, 3.63) is 52.1 Å². The molecule has 2 aromatic heterocycles. The van der Waals surface area contributed by atoms with Gasteiger partial charge in [-0.15, -0.1) is 0 Å². The molecule has 4 heterocycles. The van der Waals surface area contributed by atoms with Gasteiger partial charge in [0.25, 0.3) is 0 Å². The maximum Gasteiger partial charge on any atom is 0.223 e. The molecule has 0 radical (unpaired) electrons. The van der Waals surface area contributed by atoms with E-state index in [1.807, 2.05) is 6.20 Å². The van der Waals surface area contributed by atoms with Gasteiger partial charge in [0.15, 0.2) is 5.49 Å². The molecule has 2 aliphatic heterocycles. The minimum Gasteiger partial charge on any atom is -0.354 e. The maximum atomic E-state index is 12.7. The largest absolute Gasteiger partial charge is 0.354 e. The monoisotopic (exact) mass is 514 g/mol. The Morgan fingerprint density at radius 2 is 1.87 bits per heavy atom. The van der Waals surface area contributed by atoms with Crippen LogP contribution in [0.5, 0.6) is 0 Å². The van der Waals surface area contributed by atoms with Gasteiger partial charge in [-0.3, -0.25) is 9.79 Å². The van der Waals surface area contributed by atoms with Crippen LogP contribution in [0.4, 0.5) is 0 Å². The number of likely N-dealkylation sites (tertiary alicyclic amines) is 2. The predicted octanol–water partition coefficient (Wildman–Crippen LogP) is 5.17. The van der Waals surface area contributed by atoms with Crippen LogP contribution in [0.3, 0.4) is 0 Å². The lowest BCUT2D eigenvalue weighted by atomic mass is 9.87. The Morgan fingerprint density at radius 1 is 1.13 bits per heavy atom. The van der Waals surface area contributed by atoms with Crippen molar-refractivity contribution in [1.82, 2.24) is 19.5 Å². The fourth-order valence-corrected chi connectivity index (χ4v) is 6.23. The number of hydrogen-bond acceptors (Lipinski definition) is 4. The highest BCUT2D eigenvalue weighted by atomic mass is 16.2. The van der Waals surface area contributed by atoms with Crippen molar-refractivity contribution in [2.24, 2.45) is 10.1 Å². The number of carbonyl (C=O) groups is 1. The van der Waals surface area contributed by atoms with E-state index in [1.54, 1.807) is 11.7 Å². The molecular weight excluding hydrogens is 472 g/mol. The number of carbonyl (C=O) groups excluding carboxylic acids is 1. The van der Waals surface area contributed by atoms with E-state index in [4.69, 9.17) is 0 Å². The Hall–Kier alpha value is -3.19. The smallest absolute Gasteiger partial charge is 0.223 e. The van der Waals surface area contributed by atoms with Gasteiger partial charge in [0, 0.05) is 62.5 Å². The van der Waals surface area contributed by atoms with Gasteiger partial charge in [0.05, 0.1) is 5.69 Å². The number of hydrogen-bond donors (Lipinski definition) is 1. The number of nitrogens with zero attached hydrogens (tertiary/aromatic N) is 5. The summed E-state index contributed by atoms with van der Waals surface area (Å²) in [5.41, 5.74) is 9.29. The molecule has 3 aromatic rings. The lowest BCUT2D eigenvalue weighted by molar-refractivity contribution is -0.132. The van der Waals surface area contributed by atoms with Crippen molar-refractivity contribution < 1.29 is 4.79 Å². The Balaban J connectivity index is 1.42. The Kier molecular flexibility index (Phi) is 7.57. The van der Waals surface area contributed by atoms with E-state index in [1.165, 1.54) is 28.5 Å². The van der Waals surface area contributed by atoms with Crippen LogP contribution in [0.15, 0.2) is 34.5 Å². The normalized spacial score (nSPS) is 17.4. The van der Waals surface area contributed by atoms with Gasteiger partial charge in [0.2, 0.25) is 5.91 Å². The van der Waals surface area contributed by atoms with E-state index in [9.17, 15) is 4.79 Å². The Morgan fingerprint density at radius 3 is 2.47 bits per heavy atom. The Labute approximate surface area is 226 Å². The summed E-state index contributed by atoms with van der Waals surface area (Å²) in [5, 5.41) is 5.50. The summed E-state index contributed by atoms with van der Waals surface area (Å²) in [6.07, 6.45) is 6.04. The van der Waals surface area contributed by atoms with Crippen molar-refractivity contribution >= 4 is 23.5 Å². The first-order chi connectivity index (χ1) is 18.3. The highest BCUT2D eigenvalue weighted by Gasteiger charge is 2.26. The summed E-state index contributed by atoms with van der Waals surface area (Å²) in [7, 11) is 1.79. The molecule has 2 fully saturated rings. The van der Waals surface area contributed by atoms with Gasteiger partial charge in [-0.25, -0.2) is 4.68 Å². The topological polar surface area (TPSA) is 69.0 Å². The number of aromatic nitrogens is 2. The third kappa shape index (κ3) is 4.84. The molecular formula is C31H42N6O. The number of piperidine rings is 1. The highest BCUT2D eigenvalue weighted by molar-refractivity contribution is 5.92. The first-order valence-corrected chi connectivity index (χ1v) is 14.1. The van der Waals surface area contributed by atoms with E-state index in [2.05, 4.69) is 77.5 Å². The second-order valence-electron chi connectivity index (χ2n) is 11.3. The average Bonchev–Trinajstić information content (AvgIpc) is 3.28. The third-order valence-corrected chi connectivity index (χ3v) is 8.75. The minimum atomic E-state index is 0.321. The predicted molar refractivity (Wildman–Crippen MR) is 156 cm³/mol. The first kappa shape index (κ1) is 26.4. The molecule has 0 atom stereocenters. The number of pyridine rings is 1. The van der Waals surface area contributed by atoms with E-state index in [0.29, 0.717) is 24.2 Å². The highest BCUT2D eigenvalue weighted by Crippen LogP contribution is 2.39. The quantitative estimate of drug-likeness (QED) is 0.442. The van der Waals surface area contributed by atoms with Crippen molar-refractivity contribution in [3.8, 4) is 11.3 Å². The molecule has 38 heavy (non-hydrogen) atoms. The van der Waals surface area contributed by atoms with Crippen LogP contribution in [-0.2, 0) is 4.79 Å². The molecule has 0 saturated carbocycles. The molecule has 7 nitrogen and oxygen atoms in total. The number of fused-ring (bicyclic) bond motifs is 1. The lowest BCUT2D eigenvalue weighted by Crippen LogP contribution is -2.42. The summed E-state index contributed by atoms with van der Waals surface area (Å²) in [6, 6.07) is 6.91. The van der Waals surface area contributed by atoms with Crippen LogP contribution in [0.1, 0.15) is 73.6 Å². The zero-order chi connectivity index (χ0) is 27.0. The van der Waals surface area contributed by atoms with Gasteiger partial charge in [-0.05, 0) is 92.4 Å². The average molecular weight is 515 g/mol. The molecule has 1 aromatic carbocycles. The molecule has 1 amide bonds. The second kappa shape index (κ2) is 10.9. The summed E-state index contributed by atoms with van der Waals surface area (Å²) in [4.78, 5) is 25.4. The molecule has 2 aliphatic rings.